The van der Waals surface area contributed by atoms with E-state index in [9.17, 15) is 39.6 Å². The van der Waals surface area contributed by atoms with Crippen LogP contribution in [0, 0.1) is 6.92 Å². The maximum atomic E-state index is 11.5. The van der Waals surface area contributed by atoms with Crippen LogP contribution in [0.25, 0.3) is 0 Å². The molecule has 0 fully saturated rings. The molecule has 4 rings (SSSR count). The number of hydrogen-bond donors (Lipinski definition) is 4. The lowest BCUT2D eigenvalue weighted by Crippen LogP contribution is -2.19. The fourth-order valence-corrected chi connectivity index (χ4v) is 4.15. The summed E-state index contributed by atoms with van der Waals surface area (Å²) in [4.78, 5) is 45.7. The van der Waals surface area contributed by atoms with E-state index in [1.807, 2.05) is 19.1 Å². The largest absolute Gasteiger partial charge is 0.478 e. The van der Waals surface area contributed by atoms with Gasteiger partial charge in [0.15, 0.2) is 0 Å². The molecule has 0 bridgehead atoms. The minimum absolute atomic E-state index is 0.139. The van der Waals surface area contributed by atoms with Crippen LogP contribution >= 0.6 is 0 Å². The van der Waals surface area contributed by atoms with E-state index in [0.717, 1.165) is 35.4 Å². The summed E-state index contributed by atoms with van der Waals surface area (Å²) in [7, 11) is 0. The van der Waals surface area contributed by atoms with Crippen LogP contribution in [0.4, 0.5) is 0 Å². The maximum Gasteiger partial charge on any atom is 0.336 e. The molecule has 0 heterocycles. The Bertz CT molecular complexity index is 1560. The van der Waals surface area contributed by atoms with Crippen LogP contribution in [0.1, 0.15) is 59.5 Å². The zero-order valence-corrected chi connectivity index (χ0v) is 21.5. The van der Waals surface area contributed by atoms with Gasteiger partial charge in [0.2, 0.25) is 0 Å². The minimum Gasteiger partial charge on any atom is -0.478 e. The molecule has 0 aromatic heterocycles. The first kappa shape index (κ1) is 28.4. The smallest absolute Gasteiger partial charge is 0.336 e. The predicted octanol–water partition coefficient (Wildman–Crippen LogP) is 6.20. The van der Waals surface area contributed by atoms with Crippen molar-refractivity contribution in [1.82, 2.24) is 0 Å². The van der Waals surface area contributed by atoms with Crippen molar-refractivity contribution in [3.05, 3.63) is 125 Å². The van der Waals surface area contributed by atoms with Crippen molar-refractivity contribution in [1.29, 1.82) is 0 Å². The molecule has 0 amide bonds. The Kier molecular flexibility index (Phi) is 7.77. The lowest BCUT2D eigenvalue weighted by Gasteiger charge is -2.27. The lowest BCUT2D eigenvalue weighted by atomic mass is 9.78. The molecule has 0 atom stereocenters. The number of rotatable bonds is 10. The molecule has 4 aromatic carbocycles. The van der Waals surface area contributed by atoms with Crippen molar-refractivity contribution in [3.63, 3.8) is 0 Å². The van der Waals surface area contributed by atoms with Crippen molar-refractivity contribution in [2.45, 2.75) is 12.3 Å². The van der Waals surface area contributed by atoms with Crippen LogP contribution < -0.4 is 9.47 Å². The van der Waals surface area contributed by atoms with Gasteiger partial charge in [-0.3, -0.25) is 0 Å². The molecule has 0 aliphatic carbocycles. The predicted molar refractivity (Wildman–Crippen MR) is 146 cm³/mol. The molecular formula is C31H23O10. The Morgan fingerprint density at radius 2 is 0.878 bits per heavy atom. The first-order valence-electron chi connectivity index (χ1n) is 12.0. The quantitative estimate of drug-likeness (QED) is 0.177. The first-order valence-corrected chi connectivity index (χ1v) is 12.0. The molecule has 0 unspecified atom stereocenters. The van der Waals surface area contributed by atoms with Crippen molar-refractivity contribution in [2.24, 2.45) is 0 Å². The molecule has 10 heteroatoms. The zero-order valence-electron chi connectivity index (χ0n) is 21.5. The molecule has 0 aliphatic rings. The van der Waals surface area contributed by atoms with Gasteiger partial charge in [0.1, 0.15) is 23.0 Å². The first-order chi connectivity index (χ1) is 19.4. The second-order valence-corrected chi connectivity index (χ2v) is 9.23. The highest BCUT2D eigenvalue weighted by Gasteiger charge is 2.25. The SMILES string of the molecule is [CH2]C(C)(c1cccc(Oc2ccc(C(=O)O)c(C(=O)O)c2)c1)c1cccc(Oc2ccc(C(=O)O)c(C(=O)O)c2)c1. The van der Waals surface area contributed by atoms with Gasteiger partial charge >= 0.3 is 23.9 Å². The third kappa shape index (κ3) is 6.17. The fraction of sp³-hybridized carbons (Fsp3) is 0.0645. The number of ether oxygens (including phenoxy) is 2. The van der Waals surface area contributed by atoms with Crippen molar-refractivity contribution >= 4 is 23.9 Å². The summed E-state index contributed by atoms with van der Waals surface area (Å²) in [5.74, 6) is -4.52. The second kappa shape index (κ2) is 11.2. The summed E-state index contributed by atoms with van der Waals surface area (Å²) in [6.07, 6.45) is 0. The Morgan fingerprint density at radius 3 is 1.22 bits per heavy atom. The Hall–Kier alpha value is -5.64. The summed E-state index contributed by atoms with van der Waals surface area (Å²) in [5, 5.41) is 37.2. The summed E-state index contributed by atoms with van der Waals surface area (Å²) in [5.41, 5.74) is -0.905. The molecule has 0 saturated carbocycles. The third-order valence-electron chi connectivity index (χ3n) is 6.32. The summed E-state index contributed by atoms with van der Waals surface area (Å²) >= 11 is 0. The van der Waals surface area contributed by atoms with Crippen molar-refractivity contribution in [3.8, 4) is 23.0 Å². The van der Waals surface area contributed by atoms with E-state index in [4.69, 9.17) is 9.47 Å². The zero-order chi connectivity index (χ0) is 29.9. The van der Waals surface area contributed by atoms with E-state index in [1.54, 1.807) is 36.4 Å². The highest BCUT2D eigenvalue weighted by Crippen LogP contribution is 2.36. The third-order valence-corrected chi connectivity index (χ3v) is 6.32. The van der Waals surface area contributed by atoms with Crippen molar-refractivity contribution < 1.29 is 49.1 Å². The molecular weight excluding hydrogens is 532 g/mol. The molecule has 0 aliphatic heterocycles. The Morgan fingerprint density at radius 1 is 0.537 bits per heavy atom. The molecule has 10 nitrogen and oxygen atoms in total. The molecule has 0 saturated heterocycles. The van der Waals surface area contributed by atoms with Crippen LogP contribution in [-0.2, 0) is 5.41 Å². The Labute approximate surface area is 233 Å². The number of carbonyl (C=O) groups is 4. The summed E-state index contributed by atoms with van der Waals surface area (Å²) < 4.78 is 11.7. The Balaban J connectivity index is 1.60. The molecule has 4 N–H and O–H groups in total. The number of aromatic carboxylic acids is 4. The summed E-state index contributed by atoms with van der Waals surface area (Å²) in [6, 6.07) is 21.2. The van der Waals surface area contributed by atoms with Crippen LogP contribution in [0.15, 0.2) is 84.9 Å². The topological polar surface area (TPSA) is 168 Å². The van der Waals surface area contributed by atoms with E-state index in [2.05, 4.69) is 6.92 Å². The number of carboxylic acids is 4. The molecule has 1 radical (unpaired) electrons. The van der Waals surface area contributed by atoms with E-state index in [1.165, 1.54) is 12.1 Å². The van der Waals surface area contributed by atoms with E-state index >= 15 is 0 Å². The highest BCUT2D eigenvalue weighted by molar-refractivity contribution is 6.02. The van der Waals surface area contributed by atoms with Crippen LogP contribution in [0.5, 0.6) is 23.0 Å². The van der Waals surface area contributed by atoms with E-state index in [0.29, 0.717) is 11.5 Å². The lowest BCUT2D eigenvalue weighted by molar-refractivity contribution is 0.0651. The van der Waals surface area contributed by atoms with Gasteiger partial charge in [-0.25, -0.2) is 19.2 Å². The molecule has 207 valence electrons. The van der Waals surface area contributed by atoms with E-state index in [-0.39, 0.29) is 22.6 Å². The number of benzene rings is 4. The monoisotopic (exact) mass is 555 g/mol. The van der Waals surface area contributed by atoms with Gasteiger partial charge in [-0.05, 0) is 78.7 Å². The molecule has 0 spiro atoms. The van der Waals surface area contributed by atoms with Gasteiger partial charge in [-0.15, -0.1) is 0 Å². The van der Waals surface area contributed by atoms with Gasteiger partial charge in [0, 0.05) is 5.41 Å². The van der Waals surface area contributed by atoms with E-state index < -0.39 is 40.4 Å². The van der Waals surface area contributed by atoms with Gasteiger partial charge in [0.05, 0.1) is 22.3 Å². The maximum absolute atomic E-state index is 11.5. The summed E-state index contributed by atoms with van der Waals surface area (Å²) in [6.45, 7) is 6.21. The fourth-order valence-electron chi connectivity index (χ4n) is 4.15. The number of hydrogen-bond acceptors (Lipinski definition) is 6. The molecule has 41 heavy (non-hydrogen) atoms. The highest BCUT2D eigenvalue weighted by atomic mass is 16.5. The second-order valence-electron chi connectivity index (χ2n) is 9.23. The van der Waals surface area contributed by atoms with Crippen LogP contribution in [0.3, 0.4) is 0 Å². The van der Waals surface area contributed by atoms with Gasteiger partial charge < -0.3 is 29.9 Å². The molecule has 4 aromatic rings. The van der Waals surface area contributed by atoms with Gasteiger partial charge in [0.25, 0.3) is 0 Å². The average molecular weight is 556 g/mol. The van der Waals surface area contributed by atoms with Gasteiger partial charge in [-0.2, -0.15) is 0 Å². The average Bonchev–Trinajstić information content (AvgIpc) is 2.93. The van der Waals surface area contributed by atoms with Gasteiger partial charge in [-0.1, -0.05) is 31.2 Å². The van der Waals surface area contributed by atoms with Crippen LogP contribution in [-0.4, -0.2) is 44.3 Å². The van der Waals surface area contributed by atoms with Crippen LogP contribution in [0.2, 0.25) is 0 Å². The normalized spacial score (nSPS) is 11.0. The standard InChI is InChI=1S/C31H23O10/c1-31(2,17-5-3-7-19(13-17)40-21-9-11-23(27(32)33)25(15-21)29(36)37)18-6-4-8-20(14-18)41-22-10-12-24(28(34)35)26(16-22)30(38)39/h3-16H,1H2,2H3,(H,32,33)(H,34,35)(H,36,37)(H,38,39). The van der Waals surface area contributed by atoms with Crippen molar-refractivity contribution in [2.75, 3.05) is 0 Å². The number of carboxylic acid groups (broad SMARTS) is 4. The minimum atomic E-state index is -1.40.